The van der Waals surface area contributed by atoms with E-state index in [1.54, 1.807) is 24.0 Å². The standard InChI is InChI=1S/C13H11ClF3N5S/c14-9-4-8(7(5-20-9)13(15,16)17)22-12-10(23-6-21-12)11-18-2-1-3-19-11/h1-6,10-12,18H,(H,20,22). The number of aromatic nitrogens is 1. The molecular weight excluding hydrogens is 351 g/mol. The molecular formula is C13H11ClF3N5S. The summed E-state index contributed by atoms with van der Waals surface area (Å²) in [6.07, 6.45) is 0.445. The van der Waals surface area contributed by atoms with Gasteiger partial charge in [-0.05, 0) is 18.3 Å². The lowest BCUT2D eigenvalue weighted by Crippen LogP contribution is -2.43. The second-order valence-electron chi connectivity index (χ2n) is 4.76. The van der Waals surface area contributed by atoms with Gasteiger partial charge in [-0.25, -0.2) is 4.98 Å². The van der Waals surface area contributed by atoms with Gasteiger partial charge in [0.25, 0.3) is 0 Å². The van der Waals surface area contributed by atoms with Crippen molar-refractivity contribution < 1.29 is 13.2 Å². The van der Waals surface area contributed by atoms with Crippen LogP contribution in [0.1, 0.15) is 5.56 Å². The van der Waals surface area contributed by atoms with E-state index in [0.717, 1.165) is 6.07 Å². The largest absolute Gasteiger partial charge is 0.419 e. The summed E-state index contributed by atoms with van der Waals surface area (Å²) in [4.78, 5) is 12.0. The van der Waals surface area contributed by atoms with Crippen molar-refractivity contribution in [3.8, 4) is 0 Å². The number of hydrogen-bond donors (Lipinski definition) is 2. The summed E-state index contributed by atoms with van der Waals surface area (Å²) in [7, 11) is 0. The number of hydrogen-bond acceptors (Lipinski definition) is 6. The molecule has 5 nitrogen and oxygen atoms in total. The Bertz CT molecular complexity index is 676. The molecule has 3 rings (SSSR count). The van der Waals surface area contributed by atoms with Gasteiger partial charge in [0.2, 0.25) is 0 Å². The minimum Gasteiger partial charge on any atom is -0.369 e. The van der Waals surface area contributed by atoms with Gasteiger partial charge in [-0.15, -0.1) is 11.8 Å². The number of nitrogens with zero attached hydrogens (tertiary/aromatic N) is 3. The van der Waals surface area contributed by atoms with Crippen molar-refractivity contribution in [3.63, 3.8) is 0 Å². The Hall–Kier alpha value is -1.74. The molecule has 23 heavy (non-hydrogen) atoms. The third-order valence-corrected chi connectivity index (χ3v) is 4.52. The quantitative estimate of drug-likeness (QED) is 0.812. The Kier molecular flexibility index (Phi) is 4.49. The van der Waals surface area contributed by atoms with Crippen LogP contribution in [-0.4, -0.2) is 34.3 Å². The molecule has 122 valence electrons. The van der Waals surface area contributed by atoms with Gasteiger partial charge >= 0.3 is 6.18 Å². The SMILES string of the molecule is FC(F)(F)c1cnc(Cl)cc1NC1N=CSC1C1N=CC=CN1. The fourth-order valence-electron chi connectivity index (χ4n) is 2.19. The van der Waals surface area contributed by atoms with Crippen LogP contribution in [0, 0.1) is 0 Å². The summed E-state index contributed by atoms with van der Waals surface area (Å²) in [5, 5.41) is 5.64. The predicted molar refractivity (Wildman–Crippen MR) is 86.1 cm³/mol. The molecule has 3 heterocycles. The van der Waals surface area contributed by atoms with Crippen molar-refractivity contribution in [2.45, 2.75) is 23.8 Å². The average Bonchev–Trinajstić information content (AvgIpc) is 2.95. The van der Waals surface area contributed by atoms with E-state index < -0.39 is 17.9 Å². The maximum Gasteiger partial charge on any atom is 0.419 e. The molecule has 1 aromatic heterocycles. The van der Waals surface area contributed by atoms with Gasteiger partial charge in [0.1, 0.15) is 17.5 Å². The van der Waals surface area contributed by atoms with Crippen LogP contribution in [0.25, 0.3) is 0 Å². The van der Waals surface area contributed by atoms with Crippen LogP contribution in [0.3, 0.4) is 0 Å². The molecule has 0 aliphatic carbocycles. The van der Waals surface area contributed by atoms with Crippen LogP contribution in [0.2, 0.25) is 5.15 Å². The number of rotatable bonds is 3. The topological polar surface area (TPSA) is 61.7 Å². The molecule has 1 aromatic rings. The molecule has 3 atom stereocenters. The molecule has 0 amide bonds. The highest BCUT2D eigenvalue weighted by atomic mass is 35.5. The lowest BCUT2D eigenvalue weighted by Gasteiger charge is -2.27. The predicted octanol–water partition coefficient (Wildman–Crippen LogP) is 3.15. The number of nitrogens with one attached hydrogen (secondary N) is 2. The van der Waals surface area contributed by atoms with Gasteiger partial charge in [-0.2, -0.15) is 13.2 Å². The zero-order valence-corrected chi connectivity index (χ0v) is 13.0. The second-order valence-corrected chi connectivity index (χ2v) is 6.18. The van der Waals surface area contributed by atoms with Crippen molar-refractivity contribution in [2.75, 3.05) is 5.32 Å². The highest BCUT2D eigenvalue weighted by Crippen LogP contribution is 2.37. The normalized spacial score (nSPS) is 26.3. The molecule has 2 aliphatic heterocycles. The fourth-order valence-corrected chi connectivity index (χ4v) is 3.28. The second kappa shape index (κ2) is 6.40. The van der Waals surface area contributed by atoms with Gasteiger partial charge in [0.05, 0.1) is 22.0 Å². The maximum atomic E-state index is 13.1. The van der Waals surface area contributed by atoms with Crippen LogP contribution in [-0.2, 0) is 6.18 Å². The van der Waals surface area contributed by atoms with Crippen molar-refractivity contribution in [1.29, 1.82) is 0 Å². The van der Waals surface area contributed by atoms with Gasteiger partial charge < -0.3 is 10.6 Å². The number of halogens is 4. The number of aliphatic imine (C=N–C) groups is 2. The first kappa shape index (κ1) is 16.1. The molecule has 0 spiro atoms. The molecule has 0 radical (unpaired) electrons. The molecule has 2 N–H and O–H groups in total. The Labute approximate surface area is 139 Å². The monoisotopic (exact) mass is 361 g/mol. The first-order chi connectivity index (χ1) is 10.9. The summed E-state index contributed by atoms with van der Waals surface area (Å²) in [6.45, 7) is 0. The van der Waals surface area contributed by atoms with Crippen LogP contribution in [0.15, 0.2) is 34.5 Å². The van der Waals surface area contributed by atoms with Gasteiger partial charge in [-0.1, -0.05) is 11.6 Å². The molecule has 0 bridgehead atoms. The summed E-state index contributed by atoms with van der Waals surface area (Å²) in [5.74, 6) is 0. The van der Waals surface area contributed by atoms with E-state index in [2.05, 4.69) is 25.6 Å². The van der Waals surface area contributed by atoms with Gasteiger partial charge in [0, 0.05) is 12.4 Å². The lowest BCUT2D eigenvalue weighted by atomic mass is 10.2. The Balaban J connectivity index is 1.83. The third kappa shape index (κ3) is 3.61. The number of anilines is 1. The molecule has 3 unspecified atom stereocenters. The smallest absolute Gasteiger partial charge is 0.369 e. The Morgan fingerprint density at radius 1 is 1.30 bits per heavy atom. The molecule has 0 aromatic carbocycles. The highest BCUT2D eigenvalue weighted by Gasteiger charge is 2.37. The maximum absolute atomic E-state index is 13.1. The highest BCUT2D eigenvalue weighted by molar-refractivity contribution is 8.13. The van der Waals surface area contributed by atoms with E-state index in [-0.39, 0.29) is 22.3 Å². The van der Waals surface area contributed by atoms with Crippen LogP contribution in [0.5, 0.6) is 0 Å². The zero-order chi connectivity index (χ0) is 16.4. The lowest BCUT2D eigenvalue weighted by molar-refractivity contribution is -0.137. The Morgan fingerprint density at radius 2 is 2.13 bits per heavy atom. The number of pyridine rings is 1. The van der Waals surface area contributed by atoms with Crippen LogP contribution < -0.4 is 10.6 Å². The summed E-state index contributed by atoms with van der Waals surface area (Å²) < 4.78 is 39.3. The molecule has 0 saturated heterocycles. The van der Waals surface area contributed by atoms with E-state index in [9.17, 15) is 13.2 Å². The molecule has 2 aliphatic rings. The van der Waals surface area contributed by atoms with Crippen molar-refractivity contribution in [2.24, 2.45) is 9.98 Å². The number of thioether (sulfide) groups is 1. The van der Waals surface area contributed by atoms with E-state index in [0.29, 0.717) is 6.20 Å². The van der Waals surface area contributed by atoms with Crippen molar-refractivity contribution >= 4 is 40.8 Å². The average molecular weight is 362 g/mol. The fraction of sp³-hybridized carbons (Fsp3) is 0.308. The Morgan fingerprint density at radius 3 is 2.83 bits per heavy atom. The van der Waals surface area contributed by atoms with Gasteiger partial charge in [0.15, 0.2) is 0 Å². The van der Waals surface area contributed by atoms with E-state index in [1.807, 2.05) is 0 Å². The minimum atomic E-state index is -4.53. The molecule has 0 saturated carbocycles. The number of alkyl halides is 3. The summed E-state index contributed by atoms with van der Waals surface area (Å²) in [6, 6.07) is 1.15. The summed E-state index contributed by atoms with van der Waals surface area (Å²) >= 11 is 7.13. The summed E-state index contributed by atoms with van der Waals surface area (Å²) in [5.41, 5.74) is 0.573. The third-order valence-electron chi connectivity index (χ3n) is 3.24. The van der Waals surface area contributed by atoms with E-state index >= 15 is 0 Å². The van der Waals surface area contributed by atoms with Crippen LogP contribution >= 0.6 is 23.4 Å². The molecule has 0 fully saturated rings. The van der Waals surface area contributed by atoms with Crippen molar-refractivity contribution in [1.82, 2.24) is 10.3 Å². The van der Waals surface area contributed by atoms with Crippen molar-refractivity contribution in [3.05, 3.63) is 35.3 Å². The molecule has 10 heteroatoms. The first-order valence-corrected chi connectivity index (χ1v) is 7.88. The zero-order valence-electron chi connectivity index (χ0n) is 11.5. The van der Waals surface area contributed by atoms with E-state index in [4.69, 9.17) is 11.6 Å². The van der Waals surface area contributed by atoms with Gasteiger partial charge in [-0.3, -0.25) is 9.98 Å². The first-order valence-electron chi connectivity index (χ1n) is 6.56. The minimum absolute atomic E-state index is 0.0246. The van der Waals surface area contributed by atoms with E-state index in [1.165, 1.54) is 11.8 Å². The van der Waals surface area contributed by atoms with Crippen LogP contribution in [0.4, 0.5) is 18.9 Å². The number of allylic oxidation sites excluding steroid dienone is 1.